The highest BCUT2D eigenvalue weighted by molar-refractivity contribution is 6.74. The van der Waals surface area contributed by atoms with E-state index in [-0.39, 0.29) is 36.4 Å². The van der Waals surface area contributed by atoms with Crippen LogP contribution in [0.1, 0.15) is 97.5 Å². The molecule has 1 aromatic rings. The largest absolute Gasteiger partial charge is 0.462 e. The monoisotopic (exact) mass is 751 g/mol. The molecule has 292 valence electrons. The average molecular weight is 752 g/mol. The molecule has 3 saturated heterocycles. The maximum atomic E-state index is 14.7. The summed E-state index contributed by atoms with van der Waals surface area (Å²) in [6, 6.07) is 3.37. The maximum Gasteiger partial charge on any atom is 0.355 e. The van der Waals surface area contributed by atoms with Crippen molar-refractivity contribution in [2.45, 2.75) is 147 Å². The number of rotatable bonds is 5. The standard InChI is InChI=1S/C42H61NO9Si/c1-26-12-10-13-31-25-47-37-36(52-53(8,9)40(5,6)7)30(24-48-39(45)35-14-11-19-43-35)21-34(42(31,37)46)38(44)49-33-22-32(16-15-27(2)20-26)51-41(23-33)18-17-28(3)29(4)50-41/h10-15,19,21,26,28-29,32-34,36-37,43,46H,16-18,20,22-25H2,1-9H3/b12-10+,27-15+,31-13+/t26-,28-,29+,32+,33-,34-,36+,37+,41-,42+/m0/s1. The SMILES string of the molecule is C/C1=C\C[C@@H]2C[C@@H](C[C@]3(CC[C@H](C)[C@@H](C)O3)O2)OC(=O)[C@@H]2C=C(COC(=O)c3ccc[nH]3)[C@@H](O[Si](C)(C)C(C)(C)C)[C@H]3OC/C(=C\C=C\[C@H](C)C1)[C@]32O. The van der Waals surface area contributed by atoms with Crippen molar-refractivity contribution in [1.82, 2.24) is 4.98 Å². The van der Waals surface area contributed by atoms with Gasteiger partial charge in [-0.25, -0.2) is 4.79 Å². The number of carbonyl (C=O) groups is 2. The van der Waals surface area contributed by atoms with E-state index in [1.54, 1.807) is 24.4 Å². The van der Waals surface area contributed by atoms with Crippen molar-refractivity contribution in [3.8, 4) is 0 Å². The van der Waals surface area contributed by atoms with Crippen molar-refractivity contribution < 1.29 is 42.8 Å². The number of esters is 2. The normalized spacial score (nSPS) is 39.5. The van der Waals surface area contributed by atoms with E-state index in [9.17, 15) is 14.7 Å². The van der Waals surface area contributed by atoms with E-state index >= 15 is 0 Å². The van der Waals surface area contributed by atoms with Crippen LogP contribution in [-0.2, 0) is 32.9 Å². The predicted molar refractivity (Wildman–Crippen MR) is 204 cm³/mol. The molecular weight excluding hydrogens is 691 g/mol. The Morgan fingerprint density at radius 1 is 1.15 bits per heavy atom. The molecule has 5 aliphatic rings. The molecular formula is C42H61NO9Si. The number of nitrogens with one attached hydrogen (secondary N) is 1. The molecule has 0 radical (unpaired) electrons. The van der Waals surface area contributed by atoms with Crippen LogP contribution in [0.15, 0.2) is 65.4 Å². The van der Waals surface area contributed by atoms with Crippen LogP contribution in [0.25, 0.3) is 0 Å². The number of carbonyl (C=O) groups excluding carboxylic acids is 2. The van der Waals surface area contributed by atoms with E-state index in [2.05, 4.69) is 78.7 Å². The lowest BCUT2D eigenvalue weighted by Gasteiger charge is -2.49. The predicted octanol–water partition coefficient (Wildman–Crippen LogP) is 7.73. The first-order valence-corrected chi connectivity index (χ1v) is 22.4. The topological polar surface area (TPSA) is 126 Å². The van der Waals surface area contributed by atoms with Crippen LogP contribution in [0.2, 0.25) is 18.1 Å². The Kier molecular flexibility index (Phi) is 11.6. The van der Waals surface area contributed by atoms with Crippen molar-refractivity contribution in [3.63, 3.8) is 0 Å². The summed E-state index contributed by atoms with van der Waals surface area (Å²) in [7, 11) is -2.49. The van der Waals surface area contributed by atoms with E-state index in [4.69, 9.17) is 28.1 Å². The second-order valence-electron chi connectivity index (χ2n) is 17.8. The molecule has 10 nitrogen and oxygen atoms in total. The van der Waals surface area contributed by atoms with E-state index in [1.165, 1.54) is 5.57 Å². The molecule has 3 fully saturated rings. The first-order valence-electron chi connectivity index (χ1n) is 19.5. The summed E-state index contributed by atoms with van der Waals surface area (Å²) in [5.41, 5.74) is 0.946. The minimum Gasteiger partial charge on any atom is -0.462 e. The van der Waals surface area contributed by atoms with Gasteiger partial charge in [0.25, 0.3) is 0 Å². The highest BCUT2D eigenvalue weighted by atomic mass is 28.4. The Bertz CT molecular complexity index is 1620. The lowest BCUT2D eigenvalue weighted by Crippen LogP contribution is -2.61. The zero-order valence-electron chi connectivity index (χ0n) is 33.1. The highest BCUT2D eigenvalue weighted by Gasteiger charge is 2.62. The van der Waals surface area contributed by atoms with E-state index < -0.39 is 55.9 Å². The highest BCUT2D eigenvalue weighted by Crippen LogP contribution is 2.50. The van der Waals surface area contributed by atoms with Gasteiger partial charge >= 0.3 is 11.9 Å². The van der Waals surface area contributed by atoms with Crippen molar-refractivity contribution in [3.05, 3.63) is 71.1 Å². The van der Waals surface area contributed by atoms with Crippen LogP contribution >= 0.6 is 0 Å². The zero-order valence-corrected chi connectivity index (χ0v) is 34.1. The first kappa shape index (κ1) is 39.9. The molecule has 53 heavy (non-hydrogen) atoms. The molecule has 1 aliphatic carbocycles. The van der Waals surface area contributed by atoms with Gasteiger partial charge in [-0.05, 0) is 86.4 Å². The number of H-pyrrole nitrogens is 1. The molecule has 0 amide bonds. The average Bonchev–Trinajstić information content (AvgIpc) is 3.73. The van der Waals surface area contributed by atoms with Gasteiger partial charge in [0, 0.05) is 25.5 Å². The molecule has 2 N–H and O–H groups in total. The van der Waals surface area contributed by atoms with Gasteiger partial charge in [0.1, 0.15) is 36.0 Å². The van der Waals surface area contributed by atoms with Crippen LogP contribution < -0.4 is 0 Å². The van der Waals surface area contributed by atoms with Gasteiger partial charge in [-0.1, -0.05) is 70.6 Å². The van der Waals surface area contributed by atoms with Crippen molar-refractivity contribution in [2.24, 2.45) is 17.8 Å². The Balaban J connectivity index is 1.42. The molecule has 1 aromatic heterocycles. The van der Waals surface area contributed by atoms with E-state index in [0.29, 0.717) is 48.4 Å². The summed E-state index contributed by atoms with van der Waals surface area (Å²) < 4.78 is 39.2. The molecule has 11 heteroatoms. The van der Waals surface area contributed by atoms with Gasteiger partial charge in [0.15, 0.2) is 14.1 Å². The summed E-state index contributed by atoms with van der Waals surface area (Å²) in [6.45, 7) is 19.3. The summed E-state index contributed by atoms with van der Waals surface area (Å²) in [5.74, 6) is -2.47. The van der Waals surface area contributed by atoms with Crippen LogP contribution in [0, 0.1) is 17.8 Å². The molecule has 1 spiro atoms. The lowest BCUT2D eigenvalue weighted by atomic mass is 9.70. The fourth-order valence-corrected chi connectivity index (χ4v) is 9.45. The Morgan fingerprint density at radius 3 is 2.62 bits per heavy atom. The van der Waals surface area contributed by atoms with Crippen LogP contribution in [0.5, 0.6) is 0 Å². The van der Waals surface area contributed by atoms with Crippen LogP contribution in [-0.4, -0.2) is 85.5 Å². The molecule has 0 saturated carbocycles. The van der Waals surface area contributed by atoms with Gasteiger partial charge in [0.2, 0.25) is 0 Å². The van der Waals surface area contributed by atoms with Crippen LogP contribution in [0.4, 0.5) is 0 Å². The molecule has 0 unspecified atom stereocenters. The van der Waals surface area contributed by atoms with E-state index in [1.807, 2.05) is 12.2 Å². The molecule has 10 atom stereocenters. The van der Waals surface area contributed by atoms with Gasteiger partial charge in [-0.15, -0.1) is 0 Å². The second kappa shape index (κ2) is 15.4. The fraction of sp³-hybridized carbons (Fsp3) is 0.667. The second-order valence-corrected chi connectivity index (χ2v) is 22.5. The number of hydrogen-bond donors (Lipinski definition) is 2. The number of aliphatic hydroxyl groups is 1. The third kappa shape index (κ3) is 8.40. The zero-order chi connectivity index (χ0) is 38.3. The smallest absolute Gasteiger partial charge is 0.355 e. The van der Waals surface area contributed by atoms with Crippen molar-refractivity contribution >= 4 is 20.3 Å². The van der Waals surface area contributed by atoms with Crippen molar-refractivity contribution in [2.75, 3.05) is 13.2 Å². The van der Waals surface area contributed by atoms with E-state index in [0.717, 1.165) is 12.8 Å². The fourth-order valence-electron chi connectivity index (χ4n) is 8.19. The number of hydrogen-bond acceptors (Lipinski definition) is 9. The molecule has 6 rings (SSSR count). The van der Waals surface area contributed by atoms with Gasteiger partial charge in [-0.2, -0.15) is 0 Å². The minimum atomic E-state index is -2.49. The quantitative estimate of drug-likeness (QED) is 0.177. The first-order chi connectivity index (χ1) is 24.9. The number of allylic oxidation sites excluding steroid dienone is 4. The third-order valence-corrected chi connectivity index (χ3v) is 17.0. The van der Waals surface area contributed by atoms with Crippen LogP contribution in [0.3, 0.4) is 0 Å². The van der Waals surface area contributed by atoms with Gasteiger partial charge in [-0.3, -0.25) is 4.79 Å². The molecule has 4 aliphatic heterocycles. The summed E-state index contributed by atoms with van der Waals surface area (Å²) in [4.78, 5) is 30.7. The summed E-state index contributed by atoms with van der Waals surface area (Å²) in [6.07, 6.45) is 13.3. The number of aromatic amines is 1. The number of ether oxygens (including phenoxy) is 5. The Hall–Kier alpha value is -2.80. The summed E-state index contributed by atoms with van der Waals surface area (Å²) >= 11 is 0. The van der Waals surface area contributed by atoms with Gasteiger partial charge in [0.05, 0.1) is 24.9 Å². The number of aromatic nitrogens is 1. The Morgan fingerprint density at radius 2 is 1.92 bits per heavy atom. The molecule has 2 bridgehead atoms. The van der Waals surface area contributed by atoms with Gasteiger partial charge < -0.3 is 38.2 Å². The lowest BCUT2D eigenvalue weighted by molar-refractivity contribution is -0.332. The summed E-state index contributed by atoms with van der Waals surface area (Å²) in [5, 5.41) is 12.8. The Labute approximate surface area is 316 Å². The van der Waals surface area contributed by atoms with Crippen molar-refractivity contribution in [1.29, 1.82) is 0 Å². The minimum absolute atomic E-state index is 0.00165. The molecule has 0 aromatic carbocycles. The maximum absolute atomic E-state index is 14.7. The molecule has 5 heterocycles. The third-order valence-electron chi connectivity index (χ3n) is 12.6. The number of fused-ring (bicyclic) bond motifs is 2.